The molecule has 0 spiro atoms. The van der Waals surface area contributed by atoms with Gasteiger partial charge in [-0.2, -0.15) is 0 Å². The molecule has 0 bridgehead atoms. The second kappa shape index (κ2) is 9.25. The maximum atomic E-state index is 12.6. The van der Waals surface area contributed by atoms with E-state index in [1.165, 1.54) is 20.8 Å². The fourth-order valence-electron chi connectivity index (χ4n) is 3.96. The predicted molar refractivity (Wildman–Crippen MR) is 104 cm³/mol. The molecule has 1 aromatic carbocycles. The van der Waals surface area contributed by atoms with Gasteiger partial charge in [0, 0.05) is 27.3 Å². The molecule has 1 aliphatic carbocycles. The van der Waals surface area contributed by atoms with Crippen molar-refractivity contribution in [2.45, 2.75) is 57.4 Å². The van der Waals surface area contributed by atoms with Gasteiger partial charge in [-0.15, -0.1) is 0 Å². The minimum Gasteiger partial charge on any atom is -0.464 e. The Morgan fingerprint density at radius 3 is 2.20 bits per heavy atom. The second-order valence-electron chi connectivity index (χ2n) is 7.53. The molecule has 1 amide bonds. The fraction of sp³-hybridized carbons (Fsp3) is 0.524. The second-order valence-corrected chi connectivity index (χ2v) is 7.53. The first-order valence-electron chi connectivity index (χ1n) is 9.85. The largest absolute Gasteiger partial charge is 0.464 e. The minimum atomic E-state index is -0.850. The van der Waals surface area contributed by atoms with Crippen molar-refractivity contribution in [2.24, 2.45) is 0 Å². The van der Waals surface area contributed by atoms with Crippen LogP contribution in [0.25, 0.3) is 0 Å². The van der Waals surface area contributed by atoms with E-state index in [2.05, 4.69) is 10.6 Å². The fourth-order valence-corrected chi connectivity index (χ4v) is 3.96. The van der Waals surface area contributed by atoms with E-state index in [9.17, 15) is 19.2 Å². The summed E-state index contributed by atoms with van der Waals surface area (Å²) < 4.78 is 15.8. The van der Waals surface area contributed by atoms with Crippen molar-refractivity contribution in [2.75, 3.05) is 13.2 Å². The normalized spacial score (nSPS) is 26.7. The lowest BCUT2D eigenvalue weighted by atomic mass is 9.77. The third-order valence-electron chi connectivity index (χ3n) is 5.28. The summed E-state index contributed by atoms with van der Waals surface area (Å²) in [5.74, 6) is -1.91. The molecular formula is C21H26N2O7. The van der Waals surface area contributed by atoms with E-state index >= 15 is 0 Å². The quantitative estimate of drug-likeness (QED) is 0.476. The van der Waals surface area contributed by atoms with E-state index < -0.39 is 42.2 Å². The molecule has 9 heteroatoms. The number of amides is 1. The van der Waals surface area contributed by atoms with Gasteiger partial charge in [0.15, 0.2) is 12.2 Å². The van der Waals surface area contributed by atoms with Crippen molar-refractivity contribution in [3.8, 4) is 0 Å². The lowest BCUT2D eigenvalue weighted by molar-refractivity contribution is -0.165. The third-order valence-corrected chi connectivity index (χ3v) is 5.28. The van der Waals surface area contributed by atoms with Crippen molar-refractivity contribution in [3.05, 3.63) is 35.4 Å². The van der Waals surface area contributed by atoms with E-state index in [-0.39, 0.29) is 25.0 Å². The summed E-state index contributed by atoms with van der Waals surface area (Å²) in [5.41, 5.74) is 2.17. The first kappa shape index (κ1) is 21.8. The Morgan fingerprint density at radius 1 is 0.967 bits per heavy atom. The monoisotopic (exact) mass is 418 g/mol. The van der Waals surface area contributed by atoms with Gasteiger partial charge in [-0.25, -0.2) is 0 Å². The van der Waals surface area contributed by atoms with Crippen LogP contribution in [0.15, 0.2) is 24.3 Å². The number of hydrogen-bond acceptors (Lipinski definition) is 8. The Balaban J connectivity index is 1.67. The molecule has 3 rings (SSSR count). The van der Waals surface area contributed by atoms with Gasteiger partial charge in [-0.05, 0) is 17.5 Å². The molecular weight excluding hydrogens is 392 g/mol. The molecule has 0 radical (unpaired) electrons. The molecule has 30 heavy (non-hydrogen) atoms. The Labute approximate surface area is 174 Å². The Bertz CT molecular complexity index is 840. The van der Waals surface area contributed by atoms with E-state index in [0.717, 1.165) is 11.1 Å². The molecule has 1 saturated heterocycles. The zero-order valence-electron chi connectivity index (χ0n) is 17.2. The summed E-state index contributed by atoms with van der Waals surface area (Å²) >= 11 is 0. The SMILES string of the molecule is CC(=O)OCC1N[C@H](CNC(=O)C2Cc3ccccc32)C(OC(C)=O)C1OC(C)=O. The van der Waals surface area contributed by atoms with Gasteiger partial charge in [-0.1, -0.05) is 24.3 Å². The Hall–Kier alpha value is -2.94. The van der Waals surface area contributed by atoms with Crippen LogP contribution in [-0.4, -0.2) is 61.3 Å². The molecule has 1 heterocycles. The third kappa shape index (κ3) is 4.96. The van der Waals surface area contributed by atoms with Crippen LogP contribution in [0.1, 0.15) is 37.8 Å². The number of esters is 3. The van der Waals surface area contributed by atoms with E-state index in [4.69, 9.17) is 14.2 Å². The molecule has 1 aliphatic heterocycles. The lowest BCUT2D eigenvalue weighted by Gasteiger charge is -2.30. The van der Waals surface area contributed by atoms with Crippen LogP contribution in [0.3, 0.4) is 0 Å². The lowest BCUT2D eigenvalue weighted by Crippen LogP contribution is -2.47. The highest BCUT2D eigenvalue weighted by Gasteiger charge is 2.48. The summed E-state index contributed by atoms with van der Waals surface area (Å²) in [5, 5.41) is 6.05. The summed E-state index contributed by atoms with van der Waals surface area (Å²) in [6.07, 6.45) is -1.00. The molecule has 4 unspecified atom stereocenters. The molecule has 2 aliphatic rings. The van der Waals surface area contributed by atoms with Gasteiger partial charge in [0.1, 0.15) is 6.61 Å². The van der Waals surface area contributed by atoms with E-state index in [0.29, 0.717) is 6.42 Å². The number of hydrogen-bond donors (Lipinski definition) is 2. The van der Waals surface area contributed by atoms with Crippen LogP contribution in [0, 0.1) is 0 Å². The van der Waals surface area contributed by atoms with Crippen LogP contribution in [0.2, 0.25) is 0 Å². The van der Waals surface area contributed by atoms with Gasteiger partial charge in [0.2, 0.25) is 5.91 Å². The number of rotatable bonds is 7. The van der Waals surface area contributed by atoms with Crippen LogP contribution in [-0.2, 0) is 39.8 Å². The summed E-state index contributed by atoms with van der Waals surface area (Å²) in [6, 6.07) is 6.68. The zero-order valence-corrected chi connectivity index (χ0v) is 17.2. The van der Waals surface area contributed by atoms with Gasteiger partial charge < -0.3 is 19.5 Å². The number of nitrogens with one attached hydrogen (secondary N) is 2. The molecule has 0 aromatic heterocycles. The van der Waals surface area contributed by atoms with Crippen molar-refractivity contribution in [1.29, 1.82) is 0 Å². The van der Waals surface area contributed by atoms with Gasteiger partial charge in [0.25, 0.3) is 0 Å². The summed E-state index contributed by atoms with van der Waals surface area (Å²) in [6.45, 7) is 3.87. The first-order valence-corrected chi connectivity index (χ1v) is 9.85. The van der Waals surface area contributed by atoms with E-state index in [1.807, 2.05) is 24.3 Å². The number of carbonyl (C=O) groups is 4. The van der Waals surface area contributed by atoms with Crippen LogP contribution >= 0.6 is 0 Å². The number of fused-ring (bicyclic) bond motifs is 1. The Morgan fingerprint density at radius 2 is 1.60 bits per heavy atom. The van der Waals surface area contributed by atoms with Gasteiger partial charge in [0.05, 0.1) is 18.0 Å². The highest BCUT2D eigenvalue weighted by Crippen LogP contribution is 2.34. The Kier molecular flexibility index (Phi) is 6.71. The molecule has 2 N–H and O–H groups in total. The van der Waals surface area contributed by atoms with Crippen molar-refractivity contribution >= 4 is 23.8 Å². The zero-order chi connectivity index (χ0) is 21.8. The molecule has 1 aromatic rings. The van der Waals surface area contributed by atoms with Gasteiger partial charge in [-0.3, -0.25) is 24.5 Å². The standard InChI is InChI=1S/C21H26N2O7/c1-11(24)28-10-18-20(30-13(3)26)19(29-12(2)25)17(23-18)9-22-21(27)16-8-14-6-4-5-7-15(14)16/h4-7,16-20,23H,8-10H2,1-3H3,(H,22,27)/t16?,17-,18?,19?,20?/m1/s1. The average Bonchev–Trinajstić information content (AvgIpc) is 2.95. The highest BCUT2D eigenvalue weighted by molar-refractivity contribution is 5.86. The first-order chi connectivity index (χ1) is 14.3. The molecule has 1 fully saturated rings. The summed E-state index contributed by atoms with van der Waals surface area (Å²) in [4.78, 5) is 47.0. The van der Waals surface area contributed by atoms with Crippen molar-refractivity contribution < 1.29 is 33.4 Å². The van der Waals surface area contributed by atoms with Crippen LogP contribution < -0.4 is 10.6 Å². The highest BCUT2D eigenvalue weighted by atomic mass is 16.6. The van der Waals surface area contributed by atoms with Crippen molar-refractivity contribution in [1.82, 2.24) is 10.6 Å². The summed E-state index contributed by atoms with van der Waals surface area (Å²) in [7, 11) is 0. The number of benzene rings is 1. The number of ether oxygens (including phenoxy) is 3. The van der Waals surface area contributed by atoms with Crippen molar-refractivity contribution in [3.63, 3.8) is 0 Å². The molecule has 0 saturated carbocycles. The van der Waals surface area contributed by atoms with Crippen LogP contribution in [0.5, 0.6) is 0 Å². The van der Waals surface area contributed by atoms with E-state index in [1.54, 1.807) is 0 Å². The van der Waals surface area contributed by atoms with Crippen LogP contribution in [0.4, 0.5) is 0 Å². The molecule has 9 nitrogen and oxygen atoms in total. The topological polar surface area (TPSA) is 120 Å². The number of carbonyl (C=O) groups excluding carboxylic acids is 4. The smallest absolute Gasteiger partial charge is 0.303 e. The molecule has 5 atom stereocenters. The average molecular weight is 418 g/mol. The minimum absolute atomic E-state index is 0.0640. The maximum absolute atomic E-state index is 12.6. The maximum Gasteiger partial charge on any atom is 0.303 e. The predicted octanol–water partition coefficient (Wildman–Crippen LogP) is 0.209. The van der Waals surface area contributed by atoms with Gasteiger partial charge >= 0.3 is 17.9 Å². The molecule has 162 valence electrons.